The van der Waals surface area contributed by atoms with E-state index in [1.807, 2.05) is 30.3 Å². The first-order valence-electron chi connectivity index (χ1n) is 10.2. The molecule has 2 heterocycles. The molecule has 0 aliphatic carbocycles. The van der Waals surface area contributed by atoms with Crippen molar-refractivity contribution in [3.8, 4) is 16.9 Å². The van der Waals surface area contributed by atoms with Crippen LogP contribution in [0.4, 0.5) is 25.0 Å². The Morgan fingerprint density at radius 3 is 2.37 bits per heavy atom. The highest BCUT2D eigenvalue weighted by Gasteiger charge is 2.31. The molecule has 0 aromatic heterocycles. The number of nitrogen functional groups attached to an aromatic ring is 2. The lowest BCUT2D eigenvalue weighted by molar-refractivity contribution is 0.0374. The number of benzene rings is 2. The van der Waals surface area contributed by atoms with Gasteiger partial charge in [0.25, 0.3) is 0 Å². The monoisotopic (exact) mass is 416 g/mol. The molecule has 2 aliphatic heterocycles. The molecule has 2 aliphatic rings. The van der Waals surface area contributed by atoms with Crippen LogP contribution in [0.2, 0.25) is 0 Å². The molecule has 2 amide bonds. The van der Waals surface area contributed by atoms with E-state index in [0.29, 0.717) is 57.0 Å². The summed E-state index contributed by atoms with van der Waals surface area (Å²) in [6.07, 6.45) is -1.64. The second-order valence-corrected chi connectivity index (χ2v) is 7.88. The van der Waals surface area contributed by atoms with Gasteiger partial charge in [-0.05, 0) is 48.2 Å². The van der Waals surface area contributed by atoms with Crippen molar-refractivity contribution in [2.24, 2.45) is 5.92 Å². The Bertz CT molecular complexity index is 929. The third kappa shape index (κ3) is 4.13. The maximum Gasteiger partial charge on any atom is 0.320 e. The average Bonchev–Trinajstić information content (AvgIpc) is 2.97. The largest absolute Gasteiger partial charge is 0.491 e. The summed E-state index contributed by atoms with van der Waals surface area (Å²) < 4.78 is 31.6. The number of nitrogens with two attached hydrogens (primary N) is 2. The number of urea groups is 1. The van der Waals surface area contributed by atoms with Gasteiger partial charge in [0, 0.05) is 24.6 Å². The first-order valence-corrected chi connectivity index (χ1v) is 10.2. The van der Waals surface area contributed by atoms with E-state index in [1.165, 1.54) is 0 Å². The number of halogens is 2. The molecule has 0 radical (unpaired) electrons. The number of ether oxygens (including phenoxy) is 1. The molecule has 2 aromatic rings. The summed E-state index contributed by atoms with van der Waals surface area (Å²) in [6, 6.07) is 11.2. The molecule has 160 valence electrons. The van der Waals surface area contributed by atoms with Gasteiger partial charge >= 0.3 is 6.03 Å². The normalized spacial score (nSPS) is 17.4. The summed E-state index contributed by atoms with van der Waals surface area (Å²) in [7, 11) is 0. The van der Waals surface area contributed by atoms with Gasteiger partial charge in [-0.2, -0.15) is 0 Å². The van der Waals surface area contributed by atoms with E-state index >= 15 is 0 Å². The van der Waals surface area contributed by atoms with E-state index in [-0.39, 0.29) is 6.03 Å². The maximum atomic E-state index is 13.0. The summed E-state index contributed by atoms with van der Waals surface area (Å²) in [5.74, 6) is 0.131. The minimum absolute atomic E-state index is 0.124. The maximum absolute atomic E-state index is 13.0. The number of nitrogens with zero attached hydrogens (tertiary/aromatic N) is 2. The fourth-order valence-electron chi connectivity index (χ4n) is 4.03. The summed E-state index contributed by atoms with van der Waals surface area (Å²) in [4.78, 5) is 16.4. The molecule has 0 bridgehead atoms. The zero-order valence-electron chi connectivity index (χ0n) is 16.7. The lowest BCUT2D eigenvalue weighted by Gasteiger charge is -2.35. The summed E-state index contributed by atoms with van der Waals surface area (Å²) in [5, 5.41) is 0. The van der Waals surface area contributed by atoms with Crippen molar-refractivity contribution in [3.05, 3.63) is 42.0 Å². The molecule has 0 atom stereocenters. The smallest absolute Gasteiger partial charge is 0.320 e. The van der Waals surface area contributed by atoms with Crippen LogP contribution in [0.15, 0.2) is 36.4 Å². The number of rotatable bonds is 2. The third-order valence-electron chi connectivity index (χ3n) is 5.90. The standard InChI is InChI=1S/C22H26F2N4O2/c23-21(24)14-5-7-27(8-6-14)22(29)28-9-10-30-20-4-2-15(11-17(20)13-28)16-1-3-18(25)19(26)12-16/h1-4,11-12,14,21H,5-10,13,25-26H2. The van der Waals surface area contributed by atoms with Gasteiger partial charge in [-0.25, -0.2) is 13.6 Å². The lowest BCUT2D eigenvalue weighted by atomic mass is 9.97. The lowest BCUT2D eigenvalue weighted by Crippen LogP contribution is -2.47. The first kappa shape index (κ1) is 20.3. The van der Waals surface area contributed by atoms with Crippen molar-refractivity contribution in [3.63, 3.8) is 0 Å². The third-order valence-corrected chi connectivity index (χ3v) is 5.90. The van der Waals surface area contributed by atoms with Crippen LogP contribution in [0, 0.1) is 5.92 Å². The van der Waals surface area contributed by atoms with Gasteiger partial charge in [-0.3, -0.25) is 0 Å². The van der Waals surface area contributed by atoms with Crippen LogP contribution >= 0.6 is 0 Å². The quantitative estimate of drug-likeness (QED) is 0.729. The van der Waals surface area contributed by atoms with Gasteiger partial charge < -0.3 is 26.0 Å². The average molecular weight is 416 g/mol. The number of carbonyl (C=O) groups is 1. The number of piperidine rings is 1. The first-order chi connectivity index (χ1) is 14.4. The van der Waals surface area contributed by atoms with Crippen LogP contribution < -0.4 is 16.2 Å². The molecule has 6 nitrogen and oxygen atoms in total. The Morgan fingerprint density at radius 2 is 1.67 bits per heavy atom. The van der Waals surface area contributed by atoms with Crippen molar-refractivity contribution in [1.82, 2.24) is 9.80 Å². The number of hydrogen-bond donors (Lipinski definition) is 2. The van der Waals surface area contributed by atoms with Gasteiger partial charge in [0.05, 0.1) is 24.5 Å². The Hall–Kier alpha value is -3.03. The Morgan fingerprint density at radius 1 is 0.967 bits per heavy atom. The molecule has 1 saturated heterocycles. The second-order valence-electron chi connectivity index (χ2n) is 7.88. The molecule has 0 saturated carbocycles. The van der Waals surface area contributed by atoms with Crippen LogP contribution in [0.3, 0.4) is 0 Å². The Balaban J connectivity index is 1.51. The number of hydrogen-bond acceptors (Lipinski definition) is 4. The van der Waals surface area contributed by atoms with E-state index < -0.39 is 12.3 Å². The van der Waals surface area contributed by atoms with E-state index in [1.54, 1.807) is 15.9 Å². The van der Waals surface area contributed by atoms with Crippen LogP contribution in [-0.2, 0) is 6.54 Å². The Labute approximate surface area is 174 Å². The predicted molar refractivity (Wildman–Crippen MR) is 112 cm³/mol. The van der Waals surface area contributed by atoms with E-state index in [9.17, 15) is 13.6 Å². The summed E-state index contributed by atoms with van der Waals surface area (Å²) in [6.45, 7) is 1.97. The number of alkyl halides is 2. The van der Waals surface area contributed by atoms with E-state index in [4.69, 9.17) is 16.2 Å². The topological polar surface area (TPSA) is 84.8 Å². The molecular formula is C22H26F2N4O2. The van der Waals surface area contributed by atoms with Crippen LogP contribution in [0.5, 0.6) is 5.75 Å². The number of fused-ring (bicyclic) bond motifs is 1. The highest BCUT2D eigenvalue weighted by atomic mass is 19.3. The predicted octanol–water partition coefficient (Wildman–Crippen LogP) is 3.81. The highest BCUT2D eigenvalue weighted by Crippen LogP contribution is 2.32. The molecular weight excluding hydrogens is 390 g/mol. The van der Waals surface area contributed by atoms with Crippen LogP contribution in [0.25, 0.3) is 11.1 Å². The Kier molecular flexibility index (Phi) is 5.65. The molecule has 0 unspecified atom stereocenters. The van der Waals surface area contributed by atoms with Crippen LogP contribution in [-0.4, -0.2) is 48.5 Å². The van der Waals surface area contributed by atoms with Crippen LogP contribution in [0.1, 0.15) is 18.4 Å². The number of anilines is 2. The summed E-state index contributed by atoms with van der Waals surface area (Å²) in [5.41, 5.74) is 15.6. The minimum atomic E-state index is -2.32. The SMILES string of the molecule is Nc1ccc(-c2ccc3c(c2)CN(C(=O)N2CCC(C(F)F)CC2)CCO3)cc1N. The van der Waals surface area contributed by atoms with Crippen molar-refractivity contribution in [2.45, 2.75) is 25.8 Å². The van der Waals surface area contributed by atoms with Gasteiger partial charge in [0.15, 0.2) is 0 Å². The van der Waals surface area contributed by atoms with Gasteiger partial charge in [0.2, 0.25) is 6.43 Å². The van der Waals surface area contributed by atoms with Crippen molar-refractivity contribution in [2.75, 3.05) is 37.7 Å². The fourth-order valence-corrected chi connectivity index (χ4v) is 4.03. The highest BCUT2D eigenvalue weighted by molar-refractivity contribution is 5.76. The van der Waals surface area contributed by atoms with Crippen molar-refractivity contribution in [1.29, 1.82) is 0 Å². The van der Waals surface area contributed by atoms with E-state index in [2.05, 4.69) is 0 Å². The fraction of sp³-hybridized carbons (Fsp3) is 0.409. The molecule has 0 spiro atoms. The molecule has 1 fully saturated rings. The van der Waals surface area contributed by atoms with Crippen molar-refractivity contribution >= 4 is 17.4 Å². The van der Waals surface area contributed by atoms with Crippen molar-refractivity contribution < 1.29 is 18.3 Å². The minimum Gasteiger partial charge on any atom is -0.491 e. The van der Waals surface area contributed by atoms with E-state index in [0.717, 1.165) is 22.4 Å². The number of amides is 2. The summed E-state index contributed by atoms with van der Waals surface area (Å²) >= 11 is 0. The van der Waals surface area contributed by atoms with Gasteiger partial charge in [-0.1, -0.05) is 12.1 Å². The van der Waals surface area contributed by atoms with Gasteiger partial charge in [0.1, 0.15) is 12.4 Å². The molecule has 4 rings (SSSR count). The molecule has 8 heteroatoms. The second kappa shape index (κ2) is 8.38. The number of likely N-dealkylation sites (tertiary alicyclic amines) is 1. The molecule has 30 heavy (non-hydrogen) atoms. The van der Waals surface area contributed by atoms with Gasteiger partial charge in [-0.15, -0.1) is 0 Å². The zero-order chi connectivity index (χ0) is 21.3. The molecule has 4 N–H and O–H groups in total. The molecule has 2 aromatic carbocycles. The zero-order valence-corrected chi connectivity index (χ0v) is 16.7. The number of carbonyl (C=O) groups excluding carboxylic acids is 1.